The molecule has 0 bridgehead atoms. The van der Waals surface area contributed by atoms with Crippen molar-refractivity contribution in [2.24, 2.45) is 0 Å². The predicted octanol–water partition coefficient (Wildman–Crippen LogP) is 4.60. The van der Waals surface area contributed by atoms with Gasteiger partial charge < -0.3 is 24.1 Å². The Morgan fingerprint density at radius 3 is 2.71 bits per heavy atom. The molecule has 35 heavy (non-hydrogen) atoms. The van der Waals surface area contributed by atoms with Gasteiger partial charge in [-0.05, 0) is 53.9 Å². The summed E-state index contributed by atoms with van der Waals surface area (Å²) in [5.41, 5.74) is 3.78. The summed E-state index contributed by atoms with van der Waals surface area (Å²) in [5, 5.41) is 10.8. The molecule has 5 rings (SSSR count). The smallest absolute Gasteiger partial charge is 0.312 e. The standard InChI is InChI=1S/C28H26O7/c1-16(29)20-5-8-24-27(28(20)31)21(15-26(30)35-24)18-4-7-23(25(14-18)32-2)34-11-9-17-3-6-22-19(13-17)10-12-33-22/h3-8,13-14,21,31H,9-12,15H2,1-2H3/t21-/m0/s1. The molecule has 0 saturated carbocycles. The van der Waals surface area contributed by atoms with E-state index in [0.29, 0.717) is 23.7 Å². The molecule has 0 spiro atoms. The summed E-state index contributed by atoms with van der Waals surface area (Å²) in [6, 6.07) is 14.7. The SMILES string of the molecule is COc1cc([C@@H]2CC(=O)Oc3ccc(C(C)=O)c(O)c32)ccc1OCCc1ccc2c(c1)CCO2. The minimum absolute atomic E-state index is 0.0350. The molecule has 2 heterocycles. The largest absolute Gasteiger partial charge is 0.507 e. The zero-order valence-electron chi connectivity index (χ0n) is 19.6. The van der Waals surface area contributed by atoms with Crippen LogP contribution in [0, 0.1) is 0 Å². The van der Waals surface area contributed by atoms with E-state index in [2.05, 4.69) is 12.1 Å². The molecule has 0 aliphatic carbocycles. The van der Waals surface area contributed by atoms with Gasteiger partial charge in [0.2, 0.25) is 0 Å². The number of phenolic OH excluding ortho intramolecular Hbond substituents is 1. The van der Waals surface area contributed by atoms with Gasteiger partial charge in [0.1, 0.15) is 17.2 Å². The summed E-state index contributed by atoms with van der Waals surface area (Å²) in [7, 11) is 1.56. The third kappa shape index (κ3) is 4.41. The van der Waals surface area contributed by atoms with Crippen molar-refractivity contribution in [2.75, 3.05) is 20.3 Å². The quantitative estimate of drug-likeness (QED) is 0.304. The van der Waals surface area contributed by atoms with Crippen LogP contribution in [0.2, 0.25) is 0 Å². The predicted molar refractivity (Wildman–Crippen MR) is 128 cm³/mol. The number of hydrogen-bond donors (Lipinski definition) is 1. The number of methoxy groups -OCH3 is 1. The van der Waals surface area contributed by atoms with Crippen LogP contribution in [0.4, 0.5) is 0 Å². The second kappa shape index (κ2) is 9.33. The number of carbonyl (C=O) groups is 2. The molecule has 0 unspecified atom stereocenters. The van der Waals surface area contributed by atoms with E-state index in [9.17, 15) is 14.7 Å². The zero-order valence-corrected chi connectivity index (χ0v) is 19.6. The van der Waals surface area contributed by atoms with Gasteiger partial charge in [-0.2, -0.15) is 0 Å². The van der Waals surface area contributed by atoms with E-state index in [1.54, 1.807) is 25.3 Å². The summed E-state index contributed by atoms with van der Waals surface area (Å²) < 4.78 is 22.5. The first-order valence-electron chi connectivity index (χ1n) is 11.6. The van der Waals surface area contributed by atoms with Gasteiger partial charge in [0.25, 0.3) is 0 Å². The first-order valence-corrected chi connectivity index (χ1v) is 11.6. The Bertz CT molecular complexity index is 1310. The Kier molecular flexibility index (Phi) is 6.07. The second-order valence-electron chi connectivity index (χ2n) is 8.71. The van der Waals surface area contributed by atoms with Crippen LogP contribution in [0.25, 0.3) is 0 Å². The highest BCUT2D eigenvalue weighted by molar-refractivity contribution is 5.98. The van der Waals surface area contributed by atoms with Crippen LogP contribution in [0.3, 0.4) is 0 Å². The molecule has 2 aliphatic heterocycles. The van der Waals surface area contributed by atoms with Crippen LogP contribution >= 0.6 is 0 Å². The summed E-state index contributed by atoms with van der Waals surface area (Å²) in [4.78, 5) is 24.2. The van der Waals surface area contributed by atoms with Crippen LogP contribution in [0.1, 0.15) is 51.9 Å². The van der Waals surface area contributed by atoms with E-state index < -0.39 is 11.9 Å². The normalized spacial score (nSPS) is 16.1. The van der Waals surface area contributed by atoms with Crippen molar-refractivity contribution in [1.29, 1.82) is 0 Å². The average Bonchev–Trinajstić information content (AvgIpc) is 3.31. The van der Waals surface area contributed by atoms with E-state index in [4.69, 9.17) is 18.9 Å². The lowest BCUT2D eigenvalue weighted by molar-refractivity contribution is -0.135. The van der Waals surface area contributed by atoms with Crippen molar-refractivity contribution in [3.63, 3.8) is 0 Å². The molecular formula is C28H26O7. The Hall–Kier alpha value is -4.00. The van der Waals surface area contributed by atoms with E-state index >= 15 is 0 Å². The Labute approximate surface area is 203 Å². The minimum Gasteiger partial charge on any atom is -0.507 e. The maximum atomic E-state index is 12.3. The van der Waals surface area contributed by atoms with Crippen LogP contribution in [-0.2, 0) is 17.6 Å². The van der Waals surface area contributed by atoms with Crippen molar-refractivity contribution in [3.8, 4) is 28.7 Å². The van der Waals surface area contributed by atoms with E-state index in [1.807, 2.05) is 12.1 Å². The summed E-state index contributed by atoms with van der Waals surface area (Å²) >= 11 is 0. The lowest BCUT2D eigenvalue weighted by Gasteiger charge is -2.27. The Balaban J connectivity index is 1.37. The van der Waals surface area contributed by atoms with Gasteiger partial charge in [-0.3, -0.25) is 9.59 Å². The van der Waals surface area contributed by atoms with Crippen molar-refractivity contribution in [1.82, 2.24) is 0 Å². The highest BCUT2D eigenvalue weighted by Crippen LogP contribution is 2.46. The van der Waals surface area contributed by atoms with E-state index in [1.165, 1.54) is 24.1 Å². The second-order valence-corrected chi connectivity index (χ2v) is 8.71. The fourth-order valence-corrected chi connectivity index (χ4v) is 4.71. The fourth-order valence-electron chi connectivity index (χ4n) is 4.71. The molecule has 7 heteroatoms. The molecule has 0 aromatic heterocycles. The first kappa shape index (κ1) is 22.8. The van der Waals surface area contributed by atoms with Crippen LogP contribution in [0.15, 0.2) is 48.5 Å². The summed E-state index contributed by atoms with van der Waals surface area (Å²) in [6.07, 6.45) is 1.70. The van der Waals surface area contributed by atoms with Crippen molar-refractivity contribution < 1.29 is 33.6 Å². The highest BCUT2D eigenvalue weighted by Gasteiger charge is 2.33. The van der Waals surface area contributed by atoms with E-state index in [0.717, 1.165) is 30.8 Å². The fraction of sp³-hybridized carbons (Fsp3) is 0.286. The number of carbonyl (C=O) groups excluding carboxylic acids is 2. The Morgan fingerprint density at radius 2 is 1.91 bits per heavy atom. The van der Waals surface area contributed by atoms with Crippen molar-refractivity contribution in [3.05, 3.63) is 76.3 Å². The summed E-state index contributed by atoms with van der Waals surface area (Å²) in [6.45, 7) is 2.59. The minimum atomic E-state index is -0.484. The molecule has 1 atom stereocenters. The van der Waals surface area contributed by atoms with Crippen LogP contribution in [-0.4, -0.2) is 37.2 Å². The first-order chi connectivity index (χ1) is 16.9. The number of ketones is 1. The molecule has 7 nitrogen and oxygen atoms in total. The van der Waals surface area contributed by atoms with Gasteiger partial charge >= 0.3 is 5.97 Å². The van der Waals surface area contributed by atoms with Crippen LogP contribution in [0.5, 0.6) is 28.7 Å². The number of esters is 1. The number of phenols is 1. The lowest BCUT2D eigenvalue weighted by Crippen LogP contribution is -2.21. The molecule has 0 amide bonds. The maximum Gasteiger partial charge on any atom is 0.312 e. The van der Waals surface area contributed by atoms with Gasteiger partial charge in [0.05, 0.1) is 32.3 Å². The monoisotopic (exact) mass is 474 g/mol. The molecule has 180 valence electrons. The summed E-state index contributed by atoms with van der Waals surface area (Å²) in [5.74, 6) is 1.01. The van der Waals surface area contributed by atoms with Gasteiger partial charge in [-0.25, -0.2) is 0 Å². The molecule has 3 aromatic rings. The van der Waals surface area contributed by atoms with Crippen molar-refractivity contribution in [2.45, 2.75) is 32.1 Å². The molecule has 3 aromatic carbocycles. The third-order valence-electron chi connectivity index (χ3n) is 6.49. The van der Waals surface area contributed by atoms with Gasteiger partial charge in [0, 0.05) is 24.3 Å². The molecular weight excluding hydrogens is 448 g/mol. The molecule has 0 saturated heterocycles. The highest BCUT2D eigenvalue weighted by atomic mass is 16.5. The number of rotatable bonds is 7. The van der Waals surface area contributed by atoms with Crippen molar-refractivity contribution >= 4 is 11.8 Å². The number of hydrogen-bond acceptors (Lipinski definition) is 7. The van der Waals surface area contributed by atoms with E-state index in [-0.39, 0.29) is 29.3 Å². The lowest BCUT2D eigenvalue weighted by atomic mass is 9.84. The van der Waals surface area contributed by atoms with Crippen LogP contribution < -0.4 is 18.9 Å². The van der Waals surface area contributed by atoms with Gasteiger partial charge in [0.15, 0.2) is 17.3 Å². The number of ether oxygens (including phenoxy) is 4. The van der Waals surface area contributed by atoms with Gasteiger partial charge in [-0.1, -0.05) is 18.2 Å². The number of aromatic hydroxyl groups is 1. The molecule has 2 aliphatic rings. The number of fused-ring (bicyclic) bond motifs is 2. The number of Topliss-reactive ketones (excluding diaryl/α,β-unsaturated/α-hetero) is 1. The third-order valence-corrected chi connectivity index (χ3v) is 6.49. The zero-order chi connectivity index (χ0) is 24.5. The molecule has 1 N–H and O–H groups in total. The maximum absolute atomic E-state index is 12.3. The average molecular weight is 475 g/mol. The topological polar surface area (TPSA) is 91.3 Å². The molecule has 0 fully saturated rings. The van der Waals surface area contributed by atoms with Gasteiger partial charge in [-0.15, -0.1) is 0 Å². The Morgan fingerprint density at radius 1 is 1.09 bits per heavy atom. The number of benzene rings is 3. The molecule has 0 radical (unpaired) electrons.